The zero-order valence-corrected chi connectivity index (χ0v) is 31.5. The number of halogens is 6. The van der Waals surface area contributed by atoms with Crippen molar-refractivity contribution in [2.45, 2.75) is 75.2 Å². The third kappa shape index (κ3) is 6.32. The highest BCUT2D eigenvalue weighted by molar-refractivity contribution is 8.01. The average Bonchev–Trinajstić information content (AvgIpc) is 3.12. The van der Waals surface area contributed by atoms with Crippen LogP contribution in [-0.4, -0.2) is 16.8 Å². The lowest BCUT2D eigenvalue weighted by atomic mass is 10.1. The molecule has 4 nitrogen and oxygen atoms in total. The molecule has 276 valence electrons. The second-order valence-electron chi connectivity index (χ2n) is 12.3. The minimum atomic E-state index is -4.65. The number of sulfone groups is 2. The van der Waals surface area contributed by atoms with Crippen LogP contribution in [0.15, 0.2) is 182 Å². The third-order valence-corrected chi connectivity index (χ3v) is 18.2. The second kappa shape index (κ2) is 13.7. The lowest BCUT2D eigenvalue weighted by Crippen LogP contribution is -2.24. The van der Waals surface area contributed by atoms with Crippen molar-refractivity contribution in [3.63, 3.8) is 0 Å². The normalized spacial score (nSPS) is 16.9. The Kier molecular flexibility index (Phi) is 9.56. The van der Waals surface area contributed by atoms with Crippen molar-refractivity contribution in [3.05, 3.63) is 156 Å². The van der Waals surface area contributed by atoms with Gasteiger partial charge in [0.1, 0.15) is 52.5 Å². The summed E-state index contributed by atoms with van der Waals surface area (Å²) in [5.74, 6) is 0. The topological polar surface area (TPSA) is 68.3 Å². The summed E-state index contributed by atoms with van der Waals surface area (Å²) >= 11 is 0. The fourth-order valence-corrected chi connectivity index (χ4v) is 16.6. The standard InChI is InChI=1S/2C20H14F3O2S2/c1-13-7-6-8-14(20(21,22)23)19(13)26-15-9-2-4-11-17(15)27(24,25)18-12-5-3-10-16(18)26;1-13-7-2-3-9-15(13)26-16-10-4-5-11-17(16)27(24,25)18-12-6-8-14(19(18)26)20(21,22)23/h2*2-12H,1H3/q2*+1. The van der Waals surface area contributed by atoms with Crippen LogP contribution in [0.3, 0.4) is 0 Å². The van der Waals surface area contributed by atoms with E-state index in [-0.39, 0.29) is 29.4 Å². The summed E-state index contributed by atoms with van der Waals surface area (Å²) in [4.78, 5) is 1.80. The molecule has 1 unspecified atom stereocenters. The van der Waals surface area contributed by atoms with Gasteiger partial charge in [-0.25, -0.2) is 16.8 Å². The van der Waals surface area contributed by atoms with E-state index in [1.54, 1.807) is 79.7 Å². The van der Waals surface area contributed by atoms with Crippen molar-refractivity contribution in [2.75, 3.05) is 0 Å². The summed E-state index contributed by atoms with van der Waals surface area (Å²) < 4.78 is 135. The highest BCUT2D eigenvalue weighted by Crippen LogP contribution is 2.51. The van der Waals surface area contributed by atoms with E-state index in [2.05, 4.69) is 0 Å². The number of benzene rings is 6. The molecule has 14 heteroatoms. The number of aryl methyl sites for hydroxylation is 2. The number of rotatable bonds is 2. The van der Waals surface area contributed by atoms with Crippen LogP contribution >= 0.6 is 0 Å². The van der Waals surface area contributed by atoms with E-state index in [1.807, 2.05) is 19.1 Å². The van der Waals surface area contributed by atoms with E-state index in [0.717, 1.165) is 23.8 Å². The number of hydrogen-bond donors (Lipinski definition) is 0. The monoisotopic (exact) mass is 814 g/mol. The molecule has 0 N–H and O–H groups in total. The summed E-state index contributed by atoms with van der Waals surface area (Å²) in [5.41, 5.74) is -0.325. The molecule has 0 aliphatic carbocycles. The Morgan fingerprint density at radius 1 is 0.389 bits per heavy atom. The lowest BCUT2D eigenvalue weighted by Gasteiger charge is -2.23. The number of fused-ring (bicyclic) bond motifs is 4. The molecule has 8 rings (SSSR count). The maximum absolute atomic E-state index is 13.8. The molecule has 6 aromatic rings. The first-order valence-corrected chi connectivity index (χ1v) is 21.6. The molecule has 0 spiro atoms. The van der Waals surface area contributed by atoms with Gasteiger partial charge in [0.2, 0.25) is 19.7 Å². The molecule has 0 bridgehead atoms. The van der Waals surface area contributed by atoms with Crippen molar-refractivity contribution < 1.29 is 43.2 Å². The van der Waals surface area contributed by atoms with Crippen LogP contribution in [0.4, 0.5) is 26.3 Å². The fourth-order valence-electron chi connectivity index (χ4n) is 6.53. The molecule has 54 heavy (non-hydrogen) atoms. The Morgan fingerprint density at radius 2 is 0.722 bits per heavy atom. The third-order valence-electron chi connectivity index (χ3n) is 8.89. The van der Waals surface area contributed by atoms with E-state index >= 15 is 0 Å². The zero-order valence-electron chi connectivity index (χ0n) is 28.2. The van der Waals surface area contributed by atoms with Crippen LogP contribution in [-0.2, 0) is 53.8 Å². The van der Waals surface area contributed by atoms with Crippen molar-refractivity contribution in [1.29, 1.82) is 0 Å². The molecule has 2 heterocycles. The molecule has 6 aromatic carbocycles. The summed E-state index contributed by atoms with van der Waals surface area (Å²) in [6.07, 6.45) is -9.18. The summed E-state index contributed by atoms with van der Waals surface area (Å²) in [6, 6.07) is 33.6. The summed E-state index contributed by atoms with van der Waals surface area (Å²) in [6.45, 7) is 3.45. The predicted octanol–water partition coefficient (Wildman–Crippen LogP) is 10.5. The molecule has 0 fully saturated rings. The van der Waals surface area contributed by atoms with E-state index in [1.165, 1.54) is 30.3 Å². The van der Waals surface area contributed by atoms with Gasteiger partial charge >= 0.3 is 12.4 Å². The first-order chi connectivity index (χ1) is 25.5. The highest BCUT2D eigenvalue weighted by atomic mass is 32.2. The first kappa shape index (κ1) is 37.8. The Hall–Kier alpha value is -4.50. The minimum absolute atomic E-state index is 0.0726. The summed E-state index contributed by atoms with van der Waals surface area (Å²) in [7, 11) is -10.2. The van der Waals surface area contributed by atoms with E-state index in [0.29, 0.717) is 25.1 Å². The average molecular weight is 815 g/mol. The molecule has 1 atom stereocenters. The van der Waals surface area contributed by atoms with Gasteiger partial charge in [-0.3, -0.25) is 0 Å². The van der Waals surface area contributed by atoms with Gasteiger partial charge in [-0.1, -0.05) is 72.8 Å². The molecule has 0 saturated carbocycles. The smallest absolute Gasteiger partial charge is 0.218 e. The molecule has 0 aromatic heterocycles. The Balaban J connectivity index is 0.000000167. The molecule has 0 amide bonds. The SMILES string of the molecule is Cc1cccc(C(F)(F)F)c1[S+]1c2ccccc2S(=O)(=O)c2ccccc21.Cc1ccccc1[S+]1c2ccccc2S(=O)(=O)c2cccc(C(F)(F)F)c21. The quantitative estimate of drug-likeness (QED) is 0.129. The zero-order chi connectivity index (χ0) is 38.8. The van der Waals surface area contributed by atoms with Crippen LogP contribution in [0.25, 0.3) is 0 Å². The van der Waals surface area contributed by atoms with Crippen LogP contribution in [0.1, 0.15) is 22.3 Å². The Labute approximate surface area is 314 Å². The van der Waals surface area contributed by atoms with Crippen molar-refractivity contribution in [3.8, 4) is 0 Å². The van der Waals surface area contributed by atoms with Gasteiger partial charge in [0.05, 0.1) is 0 Å². The highest BCUT2D eigenvalue weighted by Gasteiger charge is 2.52. The van der Waals surface area contributed by atoms with E-state index in [9.17, 15) is 43.2 Å². The van der Waals surface area contributed by atoms with Crippen molar-refractivity contribution in [1.82, 2.24) is 0 Å². The molecule has 2 aliphatic rings. The van der Waals surface area contributed by atoms with Gasteiger partial charge in [0, 0.05) is 11.1 Å². The van der Waals surface area contributed by atoms with Gasteiger partial charge < -0.3 is 0 Å². The van der Waals surface area contributed by atoms with Crippen LogP contribution in [0.5, 0.6) is 0 Å². The Morgan fingerprint density at radius 3 is 1.19 bits per heavy atom. The minimum Gasteiger partial charge on any atom is -0.218 e. The second-order valence-corrected chi connectivity index (χ2v) is 19.9. The van der Waals surface area contributed by atoms with Crippen molar-refractivity contribution in [2.24, 2.45) is 0 Å². The molecule has 2 aliphatic heterocycles. The maximum atomic E-state index is 13.8. The predicted molar refractivity (Wildman–Crippen MR) is 193 cm³/mol. The van der Waals surface area contributed by atoms with E-state index < -0.39 is 64.9 Å². The summed E-state index contributed by atoms with van der Waals surface area (Å²) in [5, 5.41) is 0. The van der Waals surface area contributed by atoms with Gasteiger partial charge in [-0.2, -0.15) is 26.3 Å². The van der Waals surface area contributed by atoms with Gasteiger partial charge in [0.15, 0.2) is 29.4 Å². The van der Waals surface area contributed by atoms with Crippen LogP contribution in [0, 0.1) is 13.8 Å². The fraction of sp³-hybridized carbons (Fsp3) is 0.100. The number of hydrogen-bond acceptors (Lipinski definition) is 4. The van der Waals surface area contributed by atoms with Crippen LogP contribution < -0.4 is 0 Å². The molecular weight excluding hydrogens is 787 g/mol. The van der Waals surface area contributed by atoms with E-state index in [4.69, 9.17) is 0 Å². The maximum Gasteiger partial charge on any atom is 0.421 e. The molecule has 0 saturated heterocycles. The van der Waals surface area contributed by atoms with Gasteiger partial charge in [0.25, 0.3) is 0 Å². The first-order valence-electron chi connectivity index (χ1n) is 16.1. The lowest BCUT2D eigenvalue weighted by molar-refractivity contribution is -0.140. The van der Waals surface area contributed by atoms with Crippen molar-refractivity contribution >= 4 is 41.5 Å². The number of alkyl halides is 6. The van der Waals surface area contributed by atoms with Crippen LogP contribution in [0.2, 0.25) is 0 Å². The molecule has 0 radical (unpaired) electrons. The van der Waals surface area contributed by atoms with Gasteiger partial charge in [-0.15, -0.1) is 0 Å². The Bertz CT molecular complexity index is 2570. The molecular formula is C40H28F6O4S4+2. The van der Waals surface area contributed by atoms with Gasteiger partial charge in [-0.05, 0) is 74.5 Å². The largest absolute Gasteiger partial charge is 0.421 e.